The predicted molar refractivity (Wildman–Crippen MR) is 99.2 cm³/mol. The molecule has 0 spiro atoms. The Morgan fingerprint density at radius 1 is 1.00 bits per heavy atom. The average molecular weight is 356 g/mol. The first-order valence-corrected chi connectivity index (χ1v) is 8.38. The SMILES string of the molecule is CCOC(=O)Cn1ncc(-c2ccc(C#N)cc2)c1-c1ccc(C#N)cc1. The summed E-state index contributed by atoms with van der Waals surface area (Å²) < 4.78 is 6.63. The van der Waals surface area contributed by atoms with Crippen LogP contribution in [0.3, 0.4) is 0 Å². The van der Waals surface area contributed by atoms with E-state index >= 15 is 0 Å². The highest BCUT2D eigenvalue weighted by atomic mass is 16.5. The Hall–Kier alpha value is -3.90. The van der Waals surface area contributed by atoms with Gasteiger partial charge < -0.3 is 4.74 Å². The third kappa shape index (κ3) is 3.86. The summed E-state index contributed by atoms with van der Waals surface area (Å²) in [6.07, 6.45) is 1.69. The molecule has 6 nitrogen and oxygen atoms in total. The molecular formula is C21H16N4O2. The first-order chi connectivity index (χ1) is 13.2. The van der Waals surface area contributed by atoms with Crippen LogP contribution in [0.2, 0.25) is 0 Å². The van der Waals surface area contributed by atoms with E-state index < -0.39 is 0 Å². The van der Waals surface area contributed by atoms with Crippen molar-refractivity contribution in [3.63, 3.8) is 0 Å². The molecule has 27 heavy (non-hydrogen) atoms. The smallest absolute Gasteiger partial charge is 0.327 e. The number of carbonyl (C=O) groups is 1. The van der Waals surface area contributed by atoms with Crippen molar-refractivity contribution in [1.29, 1.82) is 10.5 Å². The number of rotatable bonds is 5. The van der Waals surface area contributed by atoms with Gasteiger partial charge in [-0.25, -0.2) is 0 Å². The van der Waals surface area contributed by atoms with E-state index in [-0.39, 0.29) is 12.5 Å². The van der Waals surface area contributed by atoms with Gasteiger partial charge >= 0.3 is 5.97 Å². The minimum atomic E-state index is -0.373. The number of hydrogen-bond acceptors (Lipinski definition) is 5. The molecule has 0 fully saturated rings. The first-order valence-electron chi connectivity index (χ1n) is 8.38. The molecule has 6 heteroatoms. The zero-order chi connectivity index (χ0) is 19.2. The lowest BCUT2D eigenvalue weighted by atomic mass is 10.00. The molecule has 1 heterocycles. The summed E-state index contributed by atoms with van der Waals surface area (Å²) in [6, 6.07) is 18.4. The second-order valence-corrected chi connectivity index (χ2v) is 5.75. The van der Waals surface area contributed by atoms with E-state index in [2.05, 4.69) is 17.2 Å². The Morgan fingerprint density at radius 2 is 1.56 bits per heavy atom. The molecule has 2 aromatic carbocycles. The van der Waals surface area contributed by atoms with Crippen LogP contribution < -0.4 is 0 Å². The molecule has 3 rings (SSSR count). The predicted octanol–water partition coefficient (Wildman–Crippen LogP) is 3.52. The van der Waals surface area contributed by atoms with Crippen LogP contribution in [0.1, 0.15) is 18.1 Å². The van der Waals surface area contributed by atoms with E-state index in [1.807, 2.05) is 24.3 Å². The van der Waals surface area contributed by atoms with Gasteiger partial charge in [-0.15, -0.1) is 0 Å². The van der Waals surface area contributed by atoms with Gasteiger partial charge in [0.1, 0.15) is 6.54 Å². The van der Waals surface area contributed by atoms with E-state index in [4.69, 9.17) is 15.3 Å². The highest BCUT2D eigenvalue weighted by Crippen LogP contribution is 2.32. The van der Waals surface area contributed by atoms with Crippen LogP contribution in [0.25, 0.3) is 22.4 Å². The summed E-state index contributed by atoms with van der Waals surface area (Å²) in [5.74, 6) is -0.373. The van der Waals surface area contributed by atoms with E-state index in [9.17, 15) is 4.79 Å². The topological polar surface area (TPSA) is 91.7 Å². The van der Waals surface area contributed by atoms with Gasteiger partial charge in [-0.1, -0.05) is 24.3 Å². The number of benzene rings is 2. The van der Waals surface area contributed by atoms with E-state index in [1.54, 1.807) is 42.1 Å². The number of aromatic nitrogens is 2. The summed E-state index contributed by atoms with van der Waals surface area (Å²) in [6.45, 7) is 2.04. The van der Waals surface area contributed by atoms with Crippen molar-refractivity contribution in [2.24, 2.45) is 0 Å². The molecule has 0 aliphatic rings. The molecule has 0 amide bonds. The Balaban J connectivity index is 2.09. The lowest BCUT2D eigenvalue weighted by Crippen LogP contribution is -2.15. The Kier molecular flexibility index (Phi) is 5.30. The second-order valence-electron chi connectivity index (χ2n) is 5.75. The van der Waals surface area contributed by atoms with Gasteiger partial charge in [0.2, 0.25) is 0 Å². The molecule has 0 unspecified atom stereocenters. The maximum atomic E-state index is 12.0. The summed E-state index contributed by atoms with van der Waals surface area (Å²) in [7, 11) is 0. The van der Waals surface area contributed by atoms with E-state index in [0.717, 1.165) is 22.4 Å². The highest BCUT2D eigenvalue weighted by Gasteiger charge is 2.17. The van der Waals surface area contributed by atoms with Crippen molar-refractivity contribution in [2.45, 2.75) is 13.5 Å². The summed E-state index contributed by atoms with van der Waals surface area (Å²) in [4.78, 5) is 12.0. The van der Waals surface area contributed by atoms with Crippen molar-refractivity contribution in [3.05, 3.63) is 65.9 Å². The molecule has 0 saturated heterocycles. The summed E-state index contributed by atoms with van der Waals surface area (Å²) >= 11 is 0. The fourth-order valence-corrected chi connectivity index (χ4v) is 2.78. The Labute approximate surface area is 156 Å². The van der Waals surface area contributed by atoms with Crippen molar-refractivity contribution >= 4 is 5.97 Å². The highest BCUT2D eigenvalue weighted by molar-refractivity contribution is 5.82. The number of hydrogen-bond donors (Lipinski definition) is 0. The van der Waals surface area contributed by atoms with Crippen molar-refractivity contribution in [3.8, 4) is 34.5 Å². The number of nitrogens with zero attached hydrogens (tertiary/aromatic N) is 4. The quantitative estimate of drug-likeness (QED) is 0.652. The van der Waals surface area contributed by atoms with Crippen molar-refractivity contribution < 1.29 is 9.53 Å². The van der Waals surface area contributed by atoms with Crippen LogP contribution in [0.5, 0.6) is 0 Å². The average Bonchev–Trinajstić information content (AvgIpc) is 3.11. The van der Waals surface area contributed by atoms with Gasteiger partial charge in [0.05, 0.1) is 41.8 Å². The molecule has 0 atom stereocenters. The molecule has 0 bridgehead atoms. The molecule has 0 aliphatic heterocycles. The maximum Gasteiger partial charge on any atom is 0.327 e. The molecule has 1 aromatic heterocycles. The van der Waals surface area contributed by atoms with Gasteiger partial charge in [0, 0.05) is 11.1 Å². The van der Waals surface area contributed by atoms with Crippen LogP contribution in [-0.2, 0) is 16.1 Å². The van der Waals surface area contributed by atoms with Crippen LogP contribution in [0, 0.1) is 22.7 Å². The monoisotopic (exact) mass is 356 g/mol. The molecule has 0 saturated carbocycles. The molecule has 0 aliphatic carbocycles. The van der Waals surface area contributed by atoms with Crippen LogP contribution in [0.4, 0.5) is 0 Å². The lowest BCUT2D eigenvalue weighted by molar-refractivity contribution is -0.144. The molecular weight excluding hydrogens is 340 g/mol. The first kappa shape index (κ1) is 17.9. The fraction of sp³-hybridized carbons (Fsp3) is 0.143. The summed E-state index contributed by atoms with van der Waals surface area (Å²) in [5, 5.41) is 22.4. The second kappa shape index (κ2) is 7.99. The van der Waals surface area contributed by atoms with Crippen molar-refractivity contribution in [1.82, 2.24) is 9.78 Å². The maximum absolute atomic E-state index is 12.0. The third-order valence-corrected chi connectivity index (χ3v) is 4.04. The fourth-order valence-electron chi connectivity index (χ4n) is 2.78. The molecule has 0 N–H and O–H groups in total. The van der Waals surface area contributed by atoms with Gasteiger partial charge in [0.15, 0.2) is 0 Å². The molecule has 3 aromatic rings. The zero-order valence-corrected chi connectivity index (χ0v) is 14.7. The standard InChI is InChI=1S/C21H16N4O2/c1-2-27-20(26)14-25-21(18-9-5-16(12-23)6-10-18)19(13-24-25)17-7-3-15(11-22)4-8-17/h3-10,13H,2,14H2,1H3. The van der Waals surface area contributed by atoms with Gasteiger partial charge in [-0.2, -0.15) is 15.6 Å². The summed E-state index contributed by atoms with van der Waals surface area (Å²) in [5.41, 5.74) is 4.40. The Morgan fingerprint density at radius 3 is 2.07 bits per heavy atom. The normalized spacial score (nSPS) is 10.0. The number of esters is 1. The van der Waals surface area contributed by atoms with Crippen LogP contribution in [0.15, 0.2) is 54.7 Å². The van der Waals surface area contributed by atoms with Crippen molar-refractivity contribution in [2.75, 3.05) is 6.61 Å². The van der Waals surface area contributed by atoms with Gasteiger partial charge in [-0.3, -0.25) is 9.48 Å². The van der Waals surface area contributed by atoms with Gasteiger partial charge in [0.25, 0.3) is 0 Å². The number of ether oxygens (including phenoxy) is 1. The number of nitriles is 2. The van der Waals surface area contributed by atoms with E-state index in [1.165, 1.54) is 0 Å². The van der Waals surface area contributed by atoms with Crippen LogP contribution >= 0.6 is 0 Å². The third-order valence-electron chi connectivity index (χ3n) is 4.04. The van der Waals surface area contributed by atoms with E-state index in [0.29, 0.717) is 17.7 Å². The minimum Gasteiger partial charge on any atom is -0.465 e. The zero-order valence-electron chi connectivity index (χ0n) is 14.7. The number of carbonyl (C=O) groups excluding carboxylic acids is 1. The Bertz CT molecular complexity index is 1040. The van der Waals surface area contributed by atoms with Crippen LogP contribution in [-0.4, -0.2) is 22.4 Å². The largest absolute Gasteiger partial charge is 0.465 e. The lowest BCUT2D eigenvalue weighted by Gasteiger charge is -2.10. The molecule has 132 valence electrons. The minimum absolute atomic E-state index is 0.0144. The molecule has 0 radical (unpaired) electrons. The van der Waals surface area contributed by atoms with Gasteiger partial charge in [-0.05, 0) is 36.8 Å².